The second-order valence-corrected chi connectivity index (χ2v) is 3.31. The number of nitrogens with one attached hydrogen (secondary N) is 1. The predicted molar refractivity (Wildman–Crippen MR) is 33.9 cm³/mol. The van der Waals surface area contributed by atoms with E-state index in [-0.39, 0.29) is 65.1 Å². The quantitative estimate of drug-likeness (QED) is 0.134. The van der Waals surface area contributed by atoms with Gasteiger partial charge in [-0.1, -0.05) is 0 Å². The van der Waals surface area contributed by atoms with Crippen molar-refractivity contribution in [3.63, 3.8) is 0 Å². The van der Waals surface area contributed by atoms with E-state index in [0.717, 1.165) is 0 Å². The zero-order valence-electron chi connectivity index (χ0n) is 6.60. The molecule has 0 aromatic heterocycles. The van der Waals surface area contributed by atoms with Crippen LogP contribution in [0.3, 0.4) is 0 Å². The molecule has 0 fully saturated rings. The smallest absolute Gasteiger partial charge is 0.763 e. The average molecular weight is 233 g/mol. The first kappa shape index (κ1) is 23.4. The Labute approximate surface area is 118 Å². The van der Waals surface area contributed by atoms with Gasteiger partial charge in [-0.15, -0.1) is 0 Å². The second-order valence-electron chi connectivity index (χ2n) is 0.864. The third kappa shape index (κ3) is 41.9. The summed E-state index contributed by atoms with van der Waals surface area (Å²) in [6, 6.07) is 0. The molecule has 62 valence electrons. The van der Waals surface area contributed by atoms with E-state index in [0.29, 0.717) is 0 Å². The van der Waals surface area contributed by atoms with Gasteiger partial charge in [-0.05, 0) is 0 Å². The SMILES string of the molecule is N=C(N)N.O=S([O-])S(=O)[O-].[Na+].[Na+]. The van der Waals surface area contributed by atoms with Crippen molar-refractivity contribution < 1.29 is 76.6 Å². The van der Waals surface area contributed by atoms with E-state index in [9.17, 15) is 0 Å². The predicted octanol–water partition coefficient (Wildman–Crippen LogP) is -8.49. The number of hydrogen-bond acceptors (Lipinski definition) is 5. The van der Waals surface area contributed by atoms with Crippen LogP contribution in [0.4, 0.5) is 0 Å². The normalized spacial score (nSPS) is 11.8. The summed E-state index contributed by atoms with van der Waals surface area (Å²) >= 11 is 0. The Morgan fingerprint density at radius 3 is 1.17 bits per heavy atom. The molecule has 2 unspecified atom stereocenters. The van der Waals surface area contributed by atoms with Crippen LogP contribution in [0.5, 0.6) is 0 Å². The van der Waals surface area contributed by atoms with Crippen LogP contribution in [0, 0.1) is 5.41 Å². The minimum atomic E-state index is -2.95. The van der Waals surface area contributed by atoms with Crippen molar-refractivity contribution in [3.8, 4) is 0 Å². The molecule has 0 aromatic carbocycles. The maximum Gasteiger partial charge on any atom is 1.00 e. The van der Waals surface area contributed by atoms with Gasteiger partial charge in [0.25, 0.3) is 0 Å². The molecule has 0 aliphatic rings. The van der Waals surface area contributed by atoms with E-state index < -0.39 is 20.2 Å². The van der Waals surface area contributed by atoms with E-state index in [2.05, 4.69) is 11.5 Å². The Morgan fingerprint density at radius 2 is 1.17 bits per heavy atom. The molecule has 0 aliphatic heterocycles. The molecule has 0 amide bonds. The molecule has 2 atom stereocenters. The van der Waals surface area contributed by atoms with Crippen molar-refractivity contribution in [1.82, 2.24) is 0 Å². The van der Waals surface area contributed by atoms with Crippen molar-refractivity contribution >= 4 is 26.2 Å². The van der Waals surface area contributed by atoms with E-state index in [4.69, 9.17) is 22.9 Å². The van der Waals surface area contributed by atoms with Crippen LogP contribution in [-0.2, 0) is 20.2 Å². The number of hydrogen-bond donors (Lipinski definition) is 3. The molecule has 0 aromatic rings. The zero-order chi connectivity index (χ0) is 8.73. The van der Waals surface area contributed by atoms with Gasteiger partial charge in [-0.2, -0.15) is 0 Å². The van der Waals surface area contributed by atoms with Crippen LogP contribution < -0.4 is 70.6 Å². The number of guanidine groups is 1. The Morgan fingerprint density at radius 1 is 1.08 bits per heavy atom. The minimum absolute atomic E-state index is 0. The van der Waals surface area contributed by atoms with Crippen molar-refractivity contribution in [2.75, 3.05) is 0 Å². The summed E-state index contributed by atoms with van der Waals surface area (Å²) in [6.07, 6.45) is 0. The first-order chi connectivity index (χ1) is 4.37. The van der Waals surface area contributed by atoms with Gasteiger partial charge in [0.15, 0.2) is 5.96 Å². The van der Waals surface area contributed by atoms with Gasteiger partial charge in [0.1, 0.15) is 0 Å². The summed E-state index contributed by atoms with van der Waals surface area (Å²) in [7, 11) is -5.90. The molecule has 0 heterocycles. The molecule has 0 saturated heterocycles. The summed E-state index contributed by atoms with van der Waals surface area (Å²) in [4.78, 5) is 0. The molecule has 5 N–H and O–H groups in total. The van der Waals surface area contributed by atoms with Crippen LogP contribution in [0.2, 0.25) is 0 Å². The van der Waals surface area contributed by atoms with E-state index in [1.54, 1.807) is 0 Å². The molecule has 0 spiro atoms. The monoisotopic (exact) mass is 233 g/mol. The average Bonchev–Trinajstić information content (AvgIpc) is 1.63. The second kappa shape index (κ2) is 15.0. The summed E-state index contributed by atoms with van der Waals surface area (Å²) < 4.78 is 36.3. The molecule has 7 nitrogen and oxygen atoms in total. The molecule has 12 heavy (non-hydrogen) atoms. The van der Waals surface area contributed by atoms with Crippen LogP contribution >= 0.6 is 0 Å². The van der Waals surface area contributed by atoms with Crippen molar-refractivity contribution in [3.05, 3.63) is 0 Å². The van der Waals surface area contributed by atoms with Gasteiger partial charge >= 0.3 is 59.1 Å². The van der Waals surface area contributed by atoms with Gasteiger partial charge in [0, 0.05) is 20.2 Å². The maximum absolute atomic E-state index is 9.09. The van der Waals surface area contributed by atoms with E-state index in [1.807, 2.05) is 0 Å². The first-order valence-electron chi connectivity index (χ1n) is 1.66. The molecule has 0 rings (SSSR count). The fourth-order valence-corrected chi connectivity index (χ4v) is 0. The van der Waals surface area contributed by atoms with E-state index in [1.165, 1.54) is 0 Å². The Bertz CT molecular complexity index is 148. The fourth-order valence-electron chi connectivity index (χ4n) is 0. The van der Waals surface area contributed by atoms with Crippen molar-refractivity contribution in [1.29, 1.82) is 5.41 Å². The first-order valence-corrected chi connectivity index (χ1v) is 4.33. The summed E-state index contributed by atoms with van der Waals surface area (Å²) in [5.41, 5.74) is 8.94. The number of rotatable bonds is 1. The van der Waals surface area contributed by atoms with Gasteiger partial charge in [0.05, 0.1) is 0 Å². The number of nitrogens with two attached hydrogens (primary N) is 2. The minimum Gasteiger partial charge on any atom is -0.763 e. The standard InChI is InChI=1S/CH5N3.2Na.H2O4S2/c2-1(3)4;;;1-5(2)6(3)4/h(H5,2,3,4);;;(H,1,2)(H,3,4)/q;2*+1;/p-2. The fraction of sp³-hybridized carbons (Fsp3) is 0. The molecule has 11 heteroatoms. The molecule has 0 bridgehead atoms. The van der Waals surface area contributed by atoms with E-state index >= 15 is 0 Å². The Kier molecular flexibility index (Phi) is 29.2. The third-order valence-corrected chi connectivity index (χ3v) is 1.00. The van der Waals surface area contributed by atoms with Gasteiger partial charge < -0.3 is 20.6 Å². The van der Waals surface area contributed by atoms with Crippen LogP contribution in [0.15, 0.2) is 0 Å². The Balaban J connectivity index is -0.0000000483. The topological polar surface area (TPSA) is 156 Å². The largest absolute Gasteiger partial charge is 1.00 e. The van der Waals surface area contributed by atoms with Crippen molar-refractivity contribution in [2.24, 2.45) is 11.5 Å². The maximum atomic E-state index is 9.09. The Hall–Kier alpha value is 1.49. The molecular formula is CH5N3Na2O4S2. The summed E-state index contributed by atoms with van der Waals surface area (Å²) in [5.74, 6) is -0.333. The zero-order valence-corrected chi connectivity index (χ0v) is 12.2. The van der Waals surface area contributed by atoms with Gasteiger partial charge in [-0.25, -0.2) is 0 Å². The van der Waals surface area contributed by atoms with Gasteiger partial charge in [0.2, 0.25) is 0 Å². The van der Waals surface area contributed by atoms with Crippen LogP contribution in [-0.4, -0.2) is 23.5 Å². The molecule has 0 radical (unpaired) electrons. The third-order valence-electron chi connectivity index (χ3n) is 0.111. The molecular weight excluding hydrogens is 228 g/mol. The van der Waals surface area contributed by atoms with Crippen LogP contribution in [0.25, 0.3) is 0 Å². The molecule has 0 saturated carbocycles. The van der Waals surface area contributed by atoms with Crippen LogP contribution in [0.1, 0.15) is 0 Å². The van der Waals surface area contributed by atoms with Gasteiger partial charge in [-0.3, -0.25) is 13.8 Å². The summed E-state index contributed by atoms with van der Waals surface area (Å²) in [6.45, 7) is 0. The van der Waals surface area contributed by atoms with Crippen molar-refractivity contribution in [2.45, 2.75) is 0 Å². The molecule has 0 aliphatic carbocycles. The summed E-state index contributed by atoms with van der Waals surface area (Å²) in [5, 5.41) is 6.06.